The number of benzene rings is 2. The fourth-order valence-electron chi connectivity index (χ4n) is 5.62. The number of hydrogen-bond acceptors (Lipinski definition) is 5. The number of aliphatic hydroxyl groups is 1. The molecule has 7 nitrogen and oxygen atoms in total. The topological polar surface area (TPSA) is 105 Å². The largest absolute Gasteiger partial charge is 0.463 e. The molecule has 226 valence electrons. The summed E-state index contributed by atoms with van der Waals surface area (Å²) in [5.74, 6) is -1.82. The van der Waals surface area contributed by atoms with Gasteiger partial charge in [0.15, 0.2) is 0 Å². The van der Waals surface area contributed by atoms with E-state index >= 15 is 0 Å². The predicted molar refractivity (Wildman–Crippen MR) is 165 cm³/mol. The predicted octanol–water partition coefficient (Wildman–Crippen LogP) is 5.09. The van der Waals surface area contributed by atoms with Gasteiger partial charge in [0.1, 0.15) is 6.61 Å². The number of allylic oxidation sites excluding steroid dienone is 2. The molecule has 3 unspecified atom stereocenters. The van der Waals surface area contributed by atoms with Gasteiger partial charge < -0.3 is 20.5 Å². The molecule has 7 heteroatoms. The van der Waals surface area contributed by atoms with Crippen LogP contribution in [-0.4, -0.2) is 47.7 Å². The SMILES string of the molecule is C=CCCC(Cc1ccccc1)C(=O)OCC(Cc1ccccc1)NC(=O)C(CC=C)CC(=O)NC1(CO)CCCC1. The van der Waals surface area contributed by atoms with Crippen LogP contribution in [0.3, 0.4) is 0 Å². The maximum atomic E-state index is 13.5. The van der Waals surface area contributed by atoms with Gasteiger partial charge in [-0.15, -0.1) is 13.2 Å². The molecular formula is C35H46N2O5. The number of nitrogens with one attached hydrogen (secondary N) is 2. The van der Waals surface area contributed by atoms with Crippen LogP contribution >= 0.6 is 0 Å². The first-order valence-corrected chi connectivity index (χ1v) is 15.1. The Hall–Kier alpha value is -3.71. The van der Waals surface area contributed by atoms with E-state index < -0.39 is 17.5 Å². The quantitative estimate of drug-likeness (QED) is 0.170. The Balaban J connectivity index is 1.67. The van der Waals surface area contributed by atoms with E-state index in [1.54, 1.807) is 12.2 Å². The van der Waals surface area contributed by atoms with Gasteiger partial charge in [-0.3, -0.25) is 14.4 Å². The first-order chi connectivity index (χ1) is 20.4. The second-order valence-electron chi connectivity index (χ2n) is 11.4. The minimum absolute atomic E-state index is 0.0134. The van der Waals surface area contributed by atoms with Crippen LogP contribution in [0, 0.1) is 11.8 Å². The van der Waals surface area contributed by atoms with Gasteiger partial charge in [0.25, 0.3) is 0 Å². The molecule has 3 N–H and O–H groups in total. The van der Waals surface area contributed by atoms with Crippen molar-refractivity contribution in [2.75, 3.05) is 13.2 Å². The van der Waals surface area contributed by atoms with Gasteiger partial charge in [-0.05, 0) is 56.1 Å². The highest BCUT2D eigenvalue weighted by Gasteiger charge is 2.35. The molecule has 3 atom stereocenters. The lowest BCUT2D eigenvalue weighted by molar-refractivity contribution is -0.150. The van der Waals surface area contributed by atoms with Crippen LogP contribution < -0.4 is 10.6 Å². The molecule has 0 aliphatic heterocycles. The Bertz CT molecular complexity index is 1140. The summed E-state index contributed by atoms with van der Waals surface area (Å²) in [6.07, 6.45) is 9.47. The number of esters is 1. The molecule has 2 amide bonds. The normalized spacial score (nSPS) is 16.0. The number of carbonyl (C=O) groups excluding carboxylic acids is 3. The number of amides is 2. The van der Waals surface area contributed by atoms with E-state index in [0.29, 0.717) is 32.1 Å². The van der Waals surface area contributed by atoms with Crippen LogP contribution in [-0.2, 0) is 32.0 Å². The number of rotatable bonds is 18. The zero-order chi connectivity index (χ0) is 30.2. The Kier molecular flexibility index (Phi) is 13.5. The van der Waals surface area contributed by atoms with Gasteiger partial charge in [0.2, 0.25) is 11.8 Å². The first kappa shape index (κ1) is 32.8. The third-order valence-corrected chi connectivity index (χ3v) is 8.00. The van der Waals surface area contributed by atoms with Gasteiger partial charge in [0, 0.05) is 6.42 Å². The summed E-state index contributed by atoms with van der Waals surface area (Å²) < 4.78 is 5.83. The van der Waals surface area contributed by atoms with Gasteiger partial charge in [-0.25, -0.2) is 0 Å². The number of aliphatic hydroxyl groups excluding tert-OH is 1. The molecule has 42 heavy (non-hydrogen) atoms. The molecule has 1 aliphatic carbocycles. The van der Waals surface area contributed by atoms with E-state index in [1.807, 2.05) is 60.7 Å². The smallest absolute Gasteiger partial charge is 0.309 e. The molecular weight excluding hydrogens is 528 g/mol. The minimum Gasteiger partial charge on any atom is -0.463 e. The lowest BCUT2D eigenvalue weighted by Crippen LogP contribution is -2.50. The van der Waals surface area contributed by atoms with E-state index in [2.05, 4.69) is 23.8 Å². The second-order valence-corrected chi connectivity index (χ2v) is 11.4. The van der Waals surface area contributed by atoms with Gasteiger partial charge >= 0.3 is 5.97 Å². The van der Waals surface area contributed by atoms with Crippen molar-refractivity contribution >= 4 is 17.8 Å². The lowest BCUT2D eigenvalue weighted by Gasteiger charge is -2.29. The lowest BCUT2D eigenvalue weighted by atomic mass is 9.94. The summed E-state index contributed by atoms with van der Waals surface area (Å²) >= 11 is 0. The fraction of sp³-hybridized carbons (Fsp3) is 0.457. The molecule has 0 radical (unpaired) electrons. The Morgan fingerprint density at radius 3 is 2.10 bits per heavy atom. The highest BCUT2D eigenvalue weighted by atomic mass is 16.5. The van der Waals surface area contributed by atoms with E-state index in [9.17, 15) is 19.5 Å². The van der Waals surface area contributed by atoms with Crippen molar-refractivity contribution in [1.29, 1.82) is 0 Å². The van der Waals surface area contributed by atoms with Crippen molar-refractivity contribution in [2.24, 2.45) is 11.8 Å². The molecule has 1 aliphatic rings. The summed E-state index contributed by atoms with van der Waals surface area (Å²) in [6.45, 7) is 7.48. The monoisotopic (exact) mass is 574 g/mol. The highest BCUT2D eigenvalue weighted by molar-refractivity contribution is 5.86. The Labute approximate surface area is 250 Å². The summed E-state index contributed by atoms with van der Waals surface area (Å²) in [5.41, 5.74) is 1.46. The van der Waals surface area contributed by atoms with Crippen molar-refractivity contribution in [3.05, 3.63) is 97.1 Å². The van der Waals surface area contributed by atoms with Gasteiger partial charge in [-0.1, -0.05) is 85.7 Å². The van der Waals surface area contributed by atoms with Crippen LogP contribution in [0.1, 0.15) is 62.5 Å². The Morgan fingerprint density at radius 2 is 1.52 bits per heavy atom. The molecule has 0 spiro atoms. The molecule has 0 saturated heterocycles. The molecule has 0 aromatic heterocycles. The van der Waals surface area contributed by atoms with Crippen molar-refractivity contribution in [2.45, 2.75) is 75.8 Å². The summed E-state index contributed by atoms with van der Waals surface area (Å²) in [7, 11) is 0. The molecule has 3 rings (SSSR count). The minimum atomic E-state index is -0.632. The van der Waals surface area contributed by atoms with Crippen LogP contribution in [0.5, 0.6) is 0 Å². The molecule has 1 fully saturated rings. The van der Waals surface area contributed by atoms with E-state index in [-0.39, 0.29) is 43.3 Å². The van der Waals surface area contributed by atoms with Crippen molar-refractivity contribution in [1.82, 2.24) is 10.6 Å². The average molecular weight is 575 g/mol. The highest BCUT2D eigenvalue weighted by Crippen LogP contribution is 2.29. The second kappa shape index (κ2) is 17.3. The zero-order valence-corrected chi connectivity index (χ0v) is 24.6. The molecule has 1 saturated carbocycles. The van der Waals surface area contributed by atoms with Gasteiger partial charge in [-0.2, -0.15) is 0 Å². The summed E-state index contributed by atoms with van der Waals surface area (Å²) in [4.78, 5) is 39.7. The van der Waals surface area contributed by atoms with Crippen LogP contribution in [0.25, 0.3) is 0 Å². The van der Waals surface area contributed by atoms with E-state index in [0.717, 1.165) is 36.8 Å². The van der Waals surface area contributed by atoms with Crippen molar-refractivity contribution < 1.29 is 24.2 Å². The third-order valence-electron chi connectivity index (χ3n) is 8.00. The number of ether oxygens (including phenoxy) is 1. The van der Waals surface area contributed by atoms with Crippen molar-refractivity contribution in [3.63, 3.8) is 0 Å². The standard InChI is InChI=1S/C35H46N2O5/c1-3-5-19-30(22-27-15-8-6-9-16-27)34(41)42-25-31(23-28-17-10-7-11-18-28)36-33(40)29(14-4-2)24-32(39)37-35(26-38)20-12-13-21-35/h3-4,6-11,15-18,29-31,38H,1-2,5,12-14,19-26H2,(H,36,40)(H,37,39). The third kappa shape index (κ3) is 10.6. The molecule has 0 heterocycles. The summed E-state index contributed by atoms with van der Waals surface area (Å²) in [5, 5.41) is 15.9. The van der Waals surface area contributed by atoms with Gasteiger partial charge in [0.05, 0.1) is 30.0 Å². The molecule has 2 aromatic carbocycles. The number of hydrogen-bond donors (Lipinski definition) is 3. The molecule has 2 aromatic rings. The average Bonchev–Trinajstić information content (AvgIpc) is 3.47. The number of carbonyl (C=O) groups is 3. The Morgan fingerprint density at radius 1 is 0.905 bits per heavy atom. The molecule has 0 bridgehead atoms. The van der Waals surface area contributed by atoms with Crippen LogP contribution in [0.15, 0.2) is 86.0 Å². The van der Waals surface area contributed by atoms with E-state index in [1.165, 1.54) is 0 Å². The van der Waals surface area contributed by atoms with Crippen LogP contribution in [0.2, 0.25) is 0 Å². The maximum absolute atomic E-state index is 13.5. The maximum Gasteiger partial charge on any atom is 0.309 e. The summed E-state index contributed by atoms with van der Waals surface area (Å²) in [6, 6.07) is 19.1. The zero-order valence-electron chi connectivity index (χ0n) is 24.6. The van der Waals surface area contributed by atoms with Crippen LogP contribution in [0.4, 0.5) is 0 Å². The fourth-order valence-corrected chi connectivity index (χ4v) is 5.62. The van der Waals surface area contributed by atoms with E-state index in [4.69, 9.17) is 4.74 Å². The first-order valence-electron chi connectivity index (χ1n) is 15.1. The van der Waals surface area contributed by atoms with Crippen molar-refractivity contribution in [3.8, 4) is 0 Å².